The molecular formula is C21H36O. The lowest BCUT2D eigenvalue weighted by Gasteiger charge is -2.31. The fraction of sp³-hybridized carbons (Fsp3) is 0.810. The number of ether oxygens (including phenoxy) is 1. The zero-order valence-electron chi connectivity index (χ0n) is 15.2. The van der Waals surface area contributed by atoms with E-state index in [4.69, 9.17) is 4.74 Å². The van der Waals surface area contributed by atoms with Crippen molar-refractivity contribution in [3.05, 3.63) is 24.0 Å². The fourth-order valence-corrected chi connectivity index (χ4v) is 4.08. The highest BCUT2D eigenvalue weighted by Gasteiger charge is 2.26. The van der Waals surface area contributed by atoms with Crippen molar-refractivity contribution in [3.8, 4) is 0 Å². The van der Waals surface area contributed by atoms with Crippen LogP contribution in [0, 0.1) is 17.3 Å². The van der Waals surface area contributed by atoms with Crippen molar-refractivity contribution in [1.82, 2.24) is 0 Å². The van der Waals surface area contributed by atoms with E-state index in [1.54, 1.807) is 0 Å². The summed E-state index contributed by atoms with van der Waals surface area (Å²) >= 11 is 0. The first-order chi connectivity index (χ1) is 10.4. The molecule has 0 aromatic carbocycles. The van der Waals surface area contributed by atoms with Crippen molar-refractivity contribution in [1.29, 1.82) is 0 Å². The van der Waals surface area contributed by atoms with Crippen LogP contribution in [0.2, 0.25) is 0 Å². The minimum absolute atomic E-state index is 0.247. The second-order valence-corrected chi connectivity index (χ2v) is 8.56. The van der Waals surface area contributed by atoms with Crippen LogP contribution in [0.1, 0.15) is 85.5 Å². The second-order valence-electron chi connectivity index (χ2n) is 8.56. The van der Waals surface area contributed by atoms with Crippen molar-refractivity contribution in [3.63, 3.8) is 0 Å². The van der Waals surface area contributed by atoms with E-state index >= 15 is 0 Å². The highest BCUT2D eigenvalue weighted by atomic mass is 16.5. The van der Waals surface area contributed by atoms with E-state index in [1.165, 1.54) is 57.1 Å². The summed E-state index contributed by atoms with van der Waals surface area (Å²) in [6.07, 6.45) is 19.0. The van der Waals surface area contributed by atoms with E-state index in [2.05, 4.69) is 45.9 Å². The first-order valence-electron chi connectivity index (χ1n) is 9.49. The lowest BCUT2D eigenvalue weighted by atomic mass is 9.75. The molecule has 126 valence electrons. The summed E-state index contributed by atoms with van der Waals surface area (Å²) in [5.41, 5.74) is 0.472. The zero-order valence-corrected chi connectivity index (χ0v) is 15.2. The molecule has 3 unspecified atom stereocenters. The Morgan fingerprint density at radius 2 is 1.86 bits per heavy atom. The molecule has 22 heavy (non-hydrogen) atoms. The topological polar surface area (TPSA) is 9.23 Å². The van der Waals surface area contributed by atoms with Gasteiger partial charge in [-0.15, -0.1) is 0 Å². The Balaban J connectivity index is 1.97. The highest BCUT2D eigenvalue weighted by Crippen LogP contribution is 2.38. The summed E-state index contributed by atoms with van der Waals surface area (Å²) in [6.45, 7) is 9.53. The lowest BCUT2D eigenvalue weighted by molar-refractivity contribution is 0.136. The van der Waals surface area contributed by atoms with Gasteiger partial charge >= 0.3 is 0 Å². The number of rotatable bonds is 2. The van der Waals surface area contributed by atoms with Crippen molar-refractivity contribution < 1.29 is 4.74 Å². The molecule has 0 spiro atoms. The van der Waals surface area contributed by atoms with Crippen molar-refractivity contribution in [2.24, 2.45) is 17.3 Å². The molecule has 1 saturated carbocycles. The predicted molar refractivity (Wildman–Crippen MR) is 95.8 cm³/mol. The Morgan fingerprint density at radius 1 is 1.09 bits per heavy atom. The molecule has 2 rings (SSSR count). The fourth-order valence-electron chi connectivity index (χ4n) is 4.08. The lowest BCUT2D eigenvalue weighted by Crippen LogP contribution is -2.20. The molecule has 0 bridgehead atoms. The molecule has 1 heteroatoms. The van der Waals surface area contributed by atoms with Gasteiger partial charge in [0.2, 0.25) is 0 Å². The maximum Gasteiger partial charge on any atom is 0.114 e. The van der Waals surface area contributed by atoms with Crippen LogP contribution in [0.25, 0.3) is 0 Å². The van der Waals surface area contributed by atoms with Crippen molar-refractivity contribution in [2.75, 3.05) is 0 Å². The average Bonchev–Trinajstić information content (AvgIpc) is 2.46. The summed E-state index contributed by atoms with van der Waals surface area (Å²) in [7, 11) is 0. The van der Waals surface area contributed by atoms with Gasteiger partial charge in [-0.25, -0.2) is 0 Å². The van der Waals surface area contributed by atoms with Crippen LogP contribution in [0.3, 0.4) is 0 Å². The molecule has 0 amide bonds. The van der Waals surface area contributed by atoms with Gasteiger partial charge in [-0.1, -0.05) is 59.0 Å². The molecule has 0 saturated heterocycles. The van der Waals surface area contributed by atoms with Crippen LogP contribution in [0.15, 0.2) is 24.0 Å². The van der Waals surface area contributed by atoms with E-state index in [9.17, 15) is 0 Å². The van der Waals surface area contributed by atoms with E-state index < -0.39 is 0 Å². The third kappa shape index (κ3) is 6.18. The Hall–Kier alpha value is -0.720. The van der Waals surface area contributed by atoms with Gasteiger partial charge in [-0.05, 0) is 55.6 Å². The van der Waals surface area contributed by atoms with Crippen molar-refractivity contribution in [2.45, 2.75) is 91.6 Å². The third-order valence-electron chi connectivity index (χ3n) is 5.46. The molecule has 0 radical (unpaired) electrons. The Labute approximate surface area is 138 Å². The molecule has 1 aliphatic carbocycles. The smallest absolute Gasteiger partial charge is 0.114 e. The Morgan fingerprint density at radius 3 is 2.64 bits per heavy atom. The Bertz CT molecular complexity index is 391. The van der Waals surface area contributed by atoms with Gasteiger partial charge in [0.05, 0.1) is 5.76 Å². The number of hydrogen-bond donors (Lipinski definition) is 0. The highest BCUT2D eigenvalue weighted by molar-refractivity contribution is 5.14. The van der Waals surface area contributed by atoms with E-state index in [1.807, 2.05) is 0 Å². The summed E-state index contributed by atoms with van der Waals surface area (Å²) in [4.78, 5) is 0. The normalized spacial score (nSPS) is 33.5. The van der Waals surface area contributed by atoms with Gasteiger partial charge < -0.3 is 4.74 Å². The van der Waals surface area contributed by atoms with Crippen molar-refractivity contribution >= 4 is 0 Å². The first-order valence-corrected chi connectivity index (χ1v) is 9.49. The van der Waals surface area contributed by atoms with Crippen LogP contribution in [0.4, 0.5) is 0 Å². The van der Waals surface area contributed by atoms with Gasteiger partial charge in [0.1, 0.15) is 6.10 Å². The van der Waals surface area contributed by atoms with Crippen LogP contribution in [0.5, 0.6) is 0 Å². The standard InChI is InChI=1S/C21H36O/c1-17-9-6-5-7-11-19(16-21(3,4)14-13-17)15-20-12-8-10-18(2)22-20/h8,10,12,17-19H,5-7,9,11,13-16H2,1-4H3. The SMILES string of the molecule is CC1CCCCCC(CC2=CC=CC(C)O2)CC(C)(C)CC1. The third-order valence-corrected chi connectivity index (χ3v) is 5.46. The van der Waals surface area contributed by atoms with E-state index in [0.29, 0.717) is 5.41 Å². The van der Waals surface area contributed by atoms with Crippen LogP contribution >= 0.6 is 0 Å². The van der Waals surface area contributed by atoms with Gasteiger partial charge in [0.15, 0.2) is 0 Å². The monoisotopic (exact) mass is 304 g/mol. The van der Waals surface area contributed by atoms with Gasteiger partial charge in [0, 0.05) is 6.42 Å². The predicted octanol–water partition coefficient (Wildman–Crippen LogP) is 6.65. The van der Waals surface area contributed by atoms with Crippen LogP contribution in [-0.2, 0) is 4.74 Å². The molecule has 2 aliphatic rings. The van der Waals surface area contributed by atoms with Gasteiger partial charge in [0.25, 0.3) is 0 Å². The molecule has 0 aromatic rings. The number of allylic oxidation sites excluding steroid dienone is 3. The zero-order chi connectivity index (χ0) is 16.0. The van der Waals surface area contributed by atoms with Crippen LogP contribution < -0.4 is 0 Å². The van der Waals surface area contributed by atoms with Gasteiger partial charge in [-0.2, -0.15) is 0 Å². The average molecular weight is 305 g/mol. The summed E-state index contributed by atoms with van der Waals surface area (Å²) in [5, 5.41) is 0. The second kappa shape index (κ2) is 8.22. The summed E-state index contributed by atoms with van der Waals surface area (Å²) < 4.78 is 6.00. The molecule has 1 aliphatic heterocycles. The van der Waals surface area contributed by atoms with E-state index in [-0.39, 0.29) is 6.10 Å². The first kappa shape index (κ1) is 17.6. The maximum absolute atomic E-state index is 6.00. The Kier molecular flexibility index (Phi) is 6.59. The molecule has 1 nitrogen and oxygen atoms in total. The number of hydrogen-bond acceptors (Lipinski definition) is 1. The quantitative estimate of drug-likeness (QED) is 0.555. The summed E-state index contributed by atoms with van der Waals surface area (Å²) in [6, 6.07) is 0. The minimum Gasteiger partial charge on any atom is -0.491 e. The molecular weight excluding hydrogens is 268 g/mol. The molecule has 0 aromatic heterocycles. The van der Waals surface area contributed by atoms with Gasteiger partial charge in [-0.3, -0.25) is 0 Å². The molecule has 1 heterocycles. The summed E-state index contributed by atoms with van der Waals surface area (Å²) in [5.74, 6) is 2.90. The van der Waals surface area contributed by atoms with Crippen LogP contribution in [-0.4, -0.2) is 6.10 Å². The largest absolute Gasteiger partial charge is 0.491 e. The minimum atomic E-state index is 0.247. The molecule has 3 atom stereocenters. The maximum atomic E-state index is 6.00. The molecule has 0 N–H and O–H groups in total. The molecule has 1 fully saturated rings. The van der Waals surface area contributed by atoms with E-state index in [0.717, 1.165) is 18.3 Å².